The van der Waals surface area contributed by atoms with Crippen molar-refractivity contribution in [1.29, 1.82) is 0 Å². The van der Waals surface area contributed by atoms with Crippen LogP contribution in [0.4, 0.5) is 28.9 Å². The van der Waals surface area contributed by atoms with Crippen molar-refractivity contribution in [3.8, 4) is 28.0 Å². The third-order valence-corrected chi connectivity index (χ3v) is 7.57. The summed E-state index contributed by atoms with van der Waals surface area (Å²) in [5, 5.41) is 11.4. The molecule has 0 unspecified atom stereocenters. The molecule has 1 aliphatic heterocycles. The predicted octanol–water partition coefficient (Wildman–Crippen LogP) is 6.85. The number of anilines is 2. The Hall–Kier alpha value is -3.83. The lowest BCUT2D eigenvalue weighted by atomic mass is 9.96. The minimum atomic E-state index is -4.71. The minimum absolute atomic E-state index is 0.0190. The van der Waals surface area contributed by atoms with Crippen molar-refractivity contribution < 1.29 is 27.5 Å². The van der Waals surface area contributed by atoms with Gasteiger partial charge in [-0.15, -0.1) is 0 Å². The number of phenols is 1. The van der Waals surface area contributed by atoms with Crippen molar-refractivity contribution in [2.24, 2.45) is 0 Å². The quantitative estimate of drug-likeness (QED) is 0.231. The number of amides is 1. The van der Waals surface area contributed by atoms with E-state index in [4.69, 9.17) is 11.6 Å². The second-order valence-electron chi connectivity index (χ2n) is 11.5. The number of halogens is 5. The maximum atomic E-state index is 15.0. The molecular formula is C31H34ClF4N5O2. The molecule has 1 aliphatic rings. The Kier molecular flexibility index (Phi) is 9.27. The fourth-order valence-electron chi connectivity index (χ4n) is 4.98. The van der Waals surface area contributed by atoms with Gasteiger partial charge >= 0.3 is 6.18 Å². The van der Waals surface area contributed by atoms with E-state index in [-0.39, 0.29) is 38.7 Å². The van der Waals surface area contributed by atoms with Crippen molar-refractivity contribution in [3.05, 3.63) is 71.5 Å². The van der Waals surface area contributed by atoms with Gasteiger partial charge in [0, 0.05) is 81.1 Å². The smallest absolute Gasteiger partial charge is 0.435 e. The van der Waals surface area contributed by atoms with Crippen LogP contribution in [0, 0.1) is 5.82 Å². The predicted molar refractivity (Wildman–Crippen MR) is 162 cm³/mol. The number of carbonyl (C=O) groups is 1. The molecule has 3 aromatic rings. The zero-order valence-electron chi connectivity index (χ0n) is 24.6. The first-order valence-corrected chi connectivity index (χ1v) is 14.0. The summed E-state index contributed by atoms with van der Waals surface area (Å²) in [5.74, 6) is -1.07. The molecule has 0 saturated carbocycles. The van der Waals surface area contributed by atoms with E-state index >= 15 is 0 Å². The molecule has 2 heterocycles. The first kappa shape index (κ1) is 32.1. The summed E-state index contributed by atoms with van der Waals surface area (Å²) in [6, 6.07) is 8.05. The molecule has 1 fully saturated rings. The molecular weight excluding hydrogens is 586 g/mol. The van der Waals surface area contributed by atoms with E-state index in [1.807, 2.05) is 0 Å². The van der Waals surface area contributed by atoms with E-state index < -0.39 is 17.7 Å². The van der Waals surface area contributed by atoms with E-state index in [1.165, 1.54) is 23.2 Å². The number of benzene rings is 2. The van der Waals surface area contributed by atoms with Crippen LogP contribution in [0.25, 0.3) is 22.3 Å². The van der Waals surface area contributed by atoms with Crippen LogP contribution >= 0.6 is 11.6 Å². The highest BCUT2D eigenvalue weighted by atomic mass is 35.5. The summed E-state index contributed by atoms with van der Waals surface area (Å²) in [6.07, 6.45) is 0.0335. The summed E-state index contributed by atoms with van der Waals surface area (Å²) >= 11 is 6.47. The zero-order valence-corrected chi connectivity index (χ0v) is 25.3. The van der Waals surface area contributed by atoms with Gasteiger partial charge in [0.05, 0.1) is 16.4 Å². The highest BCUT2D eigenvalue weighted by molar-refractivity contribution is 6.34. The second kappa shape index (κ2) is 12.4. The number of carbonyl (C=O) groups excluding carboxylic acids is 1. The topological polar surface area (TPSA) is 63.2 Å². The molecule has 0 spiro atoms. The first-order chi connectivity index (χ1) is 20.1. The Morgan fingerprint density at radius 1 is 0.953 bits per heavy atom. The number of hydrogen-bond acceptors (Lipinski definition) is 6. The Bertz CT molecular complexity index is 1510. The number of rotatable bonds is 7. The third kappa shape index (κ3) is 7.22. The molecule has 1 saturated heterocycles. The van der Waals surface area contributed by atoms with Crippen LogP contribution in [0.15, 0.2) is 55.0 Å². The van der Waals surface area contributed by atoms with E-state index in [0.29, 0.717) is 43.8 Å². The van der Waals surface area contributed by atoms with Gasteiger partial charge in [0.1, 0.15) is 11.6 Å². The van der Waals surface area contributed by atoms with Crippen LogP contribution < -0.4 is 9.80 Å². The Morgan fingerprint density at radius 2 is 1.58 bits per heavy atom. The van der Waals surface area contributed by atoms with E-state index in [2.05, 4.69) is 30.7 Å². The molecule has 43 heavy (non-hydrogen) atoms. The van der Waals surface area contributed by atoms with Gasteiger partial charge in [0.15, 0.2) is 5.69 Å². The van der Waals surface area contributed by atoms with Crippen molar-refractivity contribution in [2.75, 3.05) is 50.1 Å². The van der Waals surface area contributed by atoms with Crippen LogP contribution in [0.3, 0.4) is 0 Å². The van der Waals surface area contributed by atoms with Crippen LogP contribution in [0.1, 0.15) is 26.5 Å². The molecule has 7 nitrogen and oxygen atoms in total. The normalized spacial score (nSPS) is 14.8. The lowest BCUT2D eigenvalue weighted by Crippen LogP contribution is -2.53. The number of nitrogens with zero attached hydrogens (tertiary/aromatic N) is 5. The van der Waals surface area contributed by atoms with Gasteiger partial charge in [0.2, 0.25) is 6.41 Å². The Morgan fingerprint density at radius 3 is 2.12 bits per heavy atom. The van der Waals surface area contributed by atoms with Crippen LogP contribution in [0.2, 0.25) is 5.02 Å². The summed E-state index contributed by atoms with van der Waals surface area (Å²) in [6.45, 7) is 7.97. The number of hydrogen-bond donors (Lipinski definition) is 1. The fourth-order valence-corrected chi connectivity index (χ4v) is 5.26. The van der Waals surface area contributed by atoms with Gasteiger partial charge in [-0.25, -0.2) is 9.37 Å². The van der Waals surface area contributed by atoms with Crippen molar-refractivity contribution in [1.82, 2.24) is 14.8 Å². The van der Waals surface area contributed by atoms with Gasteiger partial charge in [-0.05, 0) is 56.7 Å². The molecule has 230 valence electrons. The van der Waals surface area contributed by atoms with E-state index in [0.717, 1.165) is 18.3 Å². The summed E-state index contributed by atoms with van der Waals surface area (Å²) < 4.78 is 57.0. The molecule has 1 N–H and O–H groups in total. The highest BCUT2D eigenvalue weighted by Gasteiger charge is 2.38. The van der Waals surface area contributed by atoms with Gasteiger partial charge in [-0.1, -0.05) is 17.7 Å². The lowest BCUT2D eigenvalue weighted by Gasteiger charge is -2.43. The Balaban J connectivity index is 1.75. The third-order valence-electron chi connectivity index (χ3n) is 7.27. The number of aromatic nitrogens is 1. The molecule has 1 amide bonds. The fraction of sp³-hybridized carbons (Fsp3) is 0.355. The van der Waals surface area contributed by atoms with E-state index in [1.54, 1.807) is 42.2 Å². The molecule has 0 atom stereocenters. The standard InChI is InChI=1S/C31H34ClF4N5O2/c1-30(2,3)41-12-10-39(11-13-41)27-15-21(18-37-29(27)31(34,35)36)24-17-22(33)16-23(28(24)43)20-6-7-26(25(32)14-20)40(19-42)9-8-38(4)5/h6-9,14-19,43H,10-13H2,1-5H3/b9-8-. The summed E-state index contributed by atoms with van der Waals surface area (Å²) in [7, 11) is 3.58. The van der Waals surface area contributed by atoms with Crippen LogP contribution in [-0.2, 0) is 11.0 Å². The van der Waals surface area contributed by atoms with Crippen LogP contribution in [0.5, 0.6) is 5.75 Å². The number of alkyl halides is 3. The zero-order chi connectivity index (χ0) is 31.7. The molecule has 12 heteroatoms. The van der Waals surface area contributed by atoms with Gasteiger partial charge in [-0.3, -0.25) is 14.6 Å². The van der Waals surface area contributed by atoms with Crippen molar-refractivity contribution in [2.45, 2.75) is 32.5 Å². The van der Waals surface area contributed by atoms with Crippen molar-refractivity contribution >= 4 is 29.4 Å². The van der Waals surface area contributed by atoms with Gasteiger partial charge in [-0.2, -0.15) is 13.2 Å². The number of piperazine rings is 1. The maximum absolute atomic E-state index is 15.0. The van der Waals surface area contributed by atoms with E-state index in [9.17, 15) is 27.5 Å². The summed E-state index contributed by atoms with van der Waals surface area (Å²) in [5.41, 5.74) is -0.412. The van der Waals surface area contributed by atoms with Gasteiger partial charge in [0.25, 0.3) is 0 Å². The second-order valence-corrected chi connectivity index (χ2v) is 11.9. The number of aromatic hydroxyl groups is 1. The average Bonchev–Trinajstić information content (AvgIpc) is 2.93. The SMILES string of the molecule is CN(C)/C=C\N(C=O)c1ccc(-c2cc(F)cc(-c3cnc(C(F)(F)F)c(N4CCN(C(C)(C)C)CC4)c3)c2O)cc1Cl. The van der Waals surface area contributed by atoms with Gasteiger partial charge < -0.3 is 14.9 Å². The molecule has 0 aliphatic carbocycles. The molecule has 4 rings (SSSR count). The van der Waals surface area contributed by atoms with Crippen molar-refractivity contribution in [3.63, 3.8) is 0 Å². The number of pyridine rings is 1. The monoisotopic (exact) mass is 619 g/mol. The molecule has 0 radical (unpaired) electrons. The lowest BCUT2D eigenvalue weighted by molar-refractivity contribution is -0.140. The molecule has 1 aromatic heterocycles. The maximum Gasteiger partial charge on any atom is 0.435 e. The largest absolute Gasteiger partial charge is 0.507 e. The first-order valence-electron chi connectivity index (χ1n) is 13.6. The minimum Gasteiger partial charge on any atom is -0.507 e. The molecule has 0 bridgehead atoms. The Labute approximate surface area is 253 Å². The summed E-state index contributed by atoms with van der Waals surface area (Å²) in [4.78, 5) is 22.2. The van der Waals surface area contributed by atoms with Crippen LogP contribution in [-0.4, -0.2) is 72.1 Å². The molecule has 2 aromatic carbocycles. The average molecular weight is 620 g/mol. The highest BCUT2D eigenvalue weighted by Crippen LogP contribution is 2.43. The number of phenolic OH excluding ortho intramolecular Hbond substituents is 1.